The van der Waals surface area contributed by atoms with Gasteiger partial charge in [-0.05, 0) is 26.3 Å². The van der Waals surface area contributed by atoms with Gasteiger partial charge in [0.1, 0.15) is 5.82 Å². The van der Waals surface area contributed by atoms with Crippen LogP contribution in [-0.4, -0.2) is 19.6 Å². The van der Waals surface area contributed by atoms with E-state index in [1.54, 1.807) is 0 Å². The van der Waals surface area contributed by atoms with E-state index >= 15 is 0 Å². The first-order chi connectivity index (χ1) is 8.61. The van der Waals surface area contributed by atoms with E-state index in [9.17, 15) is 0 Å². The van der Waals surface area contributed by atoms with Crippen molar-refractivity contribution in [3.8, 4) is 0 Å². The van der Waals surface area contributed by atoms with Crippen LogP contribution in [0.4, 0.5) is 5.82 Å². The van der Waals surface area contributed by atoms with Gasteiger partial charge in [0.05, 0.1) is 12.2 Å². The maximum Gasteiger partial charge on any atom is 0.148 e. The van der Waals surface area contributed by atoms with E-state index in [0.29, 0.717) is 6.04 Å². The molecule has 5 heteroatoms. The normalized spacial score (nSPS) is 12.7. The van der Waals surface area contributed by atoms with Crippen molar-refractivity contribution in [2.75, 3.05) is 5.32 Å². The zero-order valence-electron chi connectivity index (χ0n) is 11.5. The first kappa shape index (κ1) is 12.7. The molecule has 2 aromatic heterocycles. The van der Waals surface area contributed by atoms with Crippen molar-refractivity contribution in [2.45, 2.75) is 39.8 Å². The zero-order valence-corrected chi connectivity index (χ0v) is 11.5. The Labute approximate surface area is 108 Å². The molecule has 0 fully saturated rings. The van der Waals surface area contributed by atoms with Crippen LogP contribution < -0.4 is 5.32 Å². The standard InChI is InChI=1S/C13H21N5/c1-5-10(2)18-12(6-7-15-18)9-14-13-8-11(3)17(4)16-13/h6-8,10H,5,9H2,1-4H3,(H,14,16)/t10-/m0/s1. The number of aryl methyl sites for hydroxylation is 2. The van der Waals surface area contributed by atoms with Crippen molar-refractivity contribution in [1.82, 2.24) is 19.6 Å². The largest absolute Gasteiger partial charge is 0.363 e. The van der Waals surface area contributed by atoms with Gasteiger partial charge in [0.25, 0.3) is 0 Å². The van der Waals surface area contributed by atoms with Crippen LogP contribution in [0, 0.1) is 6.92 Å². The number of aromatic nitrogens is 4. The van der Waals surface area contributed by atoms with Gasteiger partial charge in [0.2, 0.25) is 0 Å². The summed E-state index contributed by atoms with van der Waals surface area (Å²) in [4.78, 5) is 0. The Hall–Kier alpha value is -1.78. The number of rotatable bonds is 5. The van der Waals surface area contributed by atoms with Crippen LogP contribution in [0.2, 0.25) is 0 Å². The van der Waals surface area contributed by atoms with Crippen molar-refractivity contribution >= 4 is 5.82 Å². The Bertz CT molecular complexity index is 492. The van der Waals surface area contributed by atoms with E-state index in [-0.39, 0.29) is 0 Å². The van der Waals surface area contributed by atoms with Crippen molar-refractivity contribution in [1.29, 1.82) is 0 Å². The lowest BCUT2D eigenvalue weighted by molar-refractivity contribution is 0.462. The van der Waals surface area contributed by atoms with Crippen LogP contribution in [0.5, 0.6) is 0 Å². The first-order valence-electron chi connectivity index (χ1n) is 6.38. The van der Waals surface area contributed by atoms with Gasteiger partial charge in [-0.25, -0.2) is 0 Å². The summed E-state index contributed by atoms with van der Waals surface area (Å²) in [6.07, 6.45) is 2.93. The summed E-state index contributed by atoms with van der Waals surface area (Å²) < 4.78 is 3.94. The van der Waals surface area contributed by atoms with Crippen molar-refractivity contribution < 1.29 is 0 Å². The topological polar surface area (TPSA) is 47.7 Å². The third-order valence-electron chi connectivity index (χ3n) is 3.32. The molecule has 0 spiro atoms. The molecule has 1 atom stereocenters. The fourth-order valence-electron chi connectivity index (χ4n) is 1.88. The minimum Gasteiger partial charge on any atom is -0.363 e. The second-order valence-electron chi connectivity index (χ2n) is 4.67. The minimum absolute atomic E-state index is 0.433. The fourth-order valence-corrected chi connectivity index (χ4v) is 1.88. The highest BCUT2D eigenvalue weighted by molar-refractivity contribution is 5.35. The smallest absolute Gasteiger partial charge is 0.148 e. The molecule has 2 rings (SSSR count). The van der Waals surface area contributed by atoms with Crippen LogP contribution >= 0.6 is 0 Å². The molecule has 0 unspecified atom stereocenters. The molecule has 2 heterocycles. The number of nitrogens with zero attached hydrogens (tertiary/aromatic N) is 4. The van der Waals surface area contributed by atoms with Crippen molar-refractivity contribution in [2.24, 2.45) is 7.05 Å². The zero-order chi connectivity index (χ0) is 13.1. The molecule has 0 aliphatic rings. The molecular formula is C13H21N5. The minimum atomic E-state index is 0.433. The summed E-state index contributed by atoms with van der Waals surface area (Å²) in [5.41, 5.74) is 2.33. The Morgan fingerprint density at radius 3 is 2.83 bits per heavy atom. The Kier molecular flexibility index (Phi) is 3.69. The van der Waals surface area contributed by atoms with Crippen LogP contribution in [0.15, 0.2) is 18.3 Å². The Morgan fingerprint density at radius 1 is 1.44 bits per heavy atom. The van der Waals surface area contributed by atoms with E-state index in [1.807, 2.05) is 30.9 Å². The average molecular weight is 247 g/mol. The maximum atomic E-state index is 4.38. The van der Waals surface area contributed by atoms with Gasteiger partial charge in [-0.3, -0.25) is 9.36 Å². The molecule has 1 N–H and O–H groups in total. The molecule has 0 aliphatic carbocycles. The molecule has 2 aromatic rings. The van der Waals surface area contributed by atoms with Gasteiger partial charge < -0.3 is 5.32 Å². The molecule has 0 radical (unpaired) electrons. The van der Waals surface area contributed by atoms with Gasteiger partial charge in [0.15, 0.2) is 0 Å². The summed E-state index contributed by atoms with van der Waals surface area (Å²) in [7, 11) is 1.95. The third kappa shape index (κ3) is 2.55. The summed E-state index contributed by atoms with van der Waals surface area (Å²) >= 11 is 0. The number of hydrogen-bond acceptors (Lipinski definition) is 3. The van der Waals surface area contributed by atoms with Crippen molar-refractivity contribution in [3.63, 3.8) is 0 Å². The van der Waals surface area contributed by atoms with Crippen LogP contribution in [-0.2, 0) is 13.6 Å². The van der Waals surface area contributed by atoms with Crippen LogP contribution in [0.3, 0.4) is 0 Å². The van der Waals surface area contributed by atoms with Gasteiger partial charge in [-0.1, -0.05) is 6.92 Å². The molecule has 18 heavy (non-hydrogen) atoms. The molecule has 0 amide bonds. The lowest BCUT2D eigenvalue weighted by Gasteiger charge is -2.13. The van der Waals surface area contributed by atoms with Gasteiger partial charge in [-0.15, -0.1) is 0 Å². The number of nitrogens with one attached hydrogen (secondary N) is 1. The summed E-state index contributed by atoms with van der Waals surface area (Å²) in [5, 5.41) is 12.1. The summed E-state index contributed by atoms with van der Waals surface area (Å²) in [6, 6.07) is 4.53. The van der Waals surface area contributed by atoms with Gasteiger partial charge in [-0.2, -0.15) is 10.2 Å². The first-order valence-corrected chi connectivity index (χ1v) is 6.38. The Balaban J connectivity index is 2.04. The number of anilines is 1. The molecule has 0 bridgehead atoms. The van der Waals surface area contributed by atoms with E-state index in [4.69, 9.17) is 0 Å². The maximum absolute atomic E-state index is 4.38. The van der Waals surface area contributed by atoms with Crippen LogP contribution in [0.1, 0.15) is 37.7 Å². The summed E-state index contributed by atoms with van der Waals surface area (Å²) in [5.74, 6) is 0.909. The molecular weight excluding hydrogens is 226 g/mol. The second kappa shape index (κ2) is 5.25. The fraction of sp³-hybridized carbons (Fsp3) is 0.538. The molecule has 0 saturated heterocycles. The molecule has 0 saturated carbocycles. The molecule has 0 aliphatic heterocycles. The highest BCUT2D eigenvalue weighted by Gasteiger charge is 2.08. The molecule has 98 valence electrons. The van der Waals surface area contributed by atoms with E-state index in [2.05, 4.69) is 40.1 Å². The molecule has 5 nitrogen and oxygen atoms in total. The highest BCUT2D eigenvalue weighted by Crippen LogP contribution is 2.14. The SMILES string of the molecule is CC[C@H](C)n1nccc1CNc1cc(C)n(C)n1. The van der Waals surface area contributed by atoms with E-state index in [0.717, 1.165) is 24.5 Å². The number of hydrogen-bond donors (Lipinski definition) is 1. The highest BCUT2D eigenvalue weighted by atomic mass is 15.3. The monoisotopic (exact) mass is 247 g/mol. The predicted octanol–water partition coefficient (Wildman–Crippen LogP) is 2.51. The lowest BCUT2D eigenvalue weighted by Crippen LogP contribution is -2.12. The average Bonchev–Trinajstić information content (AvgIpc) is 2.93. The van der Waals surface area contributed by atoms with Gasteiger partial charge >= 0.3 is 0 Å². The third-order valence-corrected chi connectivity index (χ3v) is 3.32. The van der Waals surface area contributed by atoms with Gasteiger partial charge in [0, 0.05) is 31.0 Å². The quantitative estimate of drug-likeness (QED) is 0.883. The predicted molar refractivity (Wildman–Crippen MR) is 72.5 cm³/mol. The van der Waals surface area contributed by atoms with Crippen LogP contribution in [0.25, 0.3) is 0 Å². The van der Waals surface area contributed by atoms with E-state index in [1.165, 1.54) is 5.69 Å². The van der Waals surface area contributed by atoms with E-state index < -0.39 is 0 Å². The molecule has 0 aromatic carbocycles. The second-order valence-corrected chi connectivity index (χ2v) is 4.67. The Morgan fingerprint density at radius 2 is 2.22 bits per heavy atom. The van der Waals surface area contributed by atoms with Crippen molar-refractivity contribution in [3.05, 3.63) is 29.7 Å². The lowest BCUT2D eigenvalue weighted by atomic mass is 10.2. The summed E-state index contributed by atoms with van der Waals surface area (Å²) in [6.45, 7) is 7.15.